The second-order valence-electron chi connectivity index (χ2n) is 8.54. The summed E-state index contributed by atoms with van der Waals surface area (Å²) in [4.78, 5) is 16.7. The molecule has 1 aliphatic rings. The van der Waals surface area contributed by atoms with Gasteiger partial charge in [0.1, 0.15) is 11.4 Å². The van der Waals surface area contributed by atoms with Crippen molar-refractivity contribution in [2.75, 3.05) is 0 Å². The van der Waals surface area contributed by atoms with Crippen LogP contribution in [-0.2, 0) is 14.0 Å². The molecule has 2 aromatic heterocycles. The molecule has 0 spiro atoms. The molecule has 0 aromatic carbocycles. The maximum Gasteiger partial charge on any atom is 0.498 e. The van der Waals surface area contributed by atoms with Gasteiger partial charge in [0, 0.05) is 17.7 Å². The Kier molecular flexibility index (Phi) is 4.20. The van der Waals surface area contributed by atoms with E-state index >= 15 is 0 Å². The fraction of sp³-hybridized carbons (Fsp3) is 0.556. The number of pyridine rings is 1. The minimum atomic E-state index is -0.718. The van der Waals surface area contributed by atoms with Gasteiger partial charge >= 0.3 is 13.2 Å². The highest BCUT2D eigenvalue weighted by atomic mass is 19.1. The first-order chi connectivity index (χ1) is 11.8. The summed E-state index contributed by atoms with van der Waals surface area (Å²) < 4.78 is 32.6. The molecule has 1 aliphatic heterocycles. The number of rotatable bonds is 1. The predicted octanol–water partition coefficient (Wildman–Crippen LogP) is 3.26. The first kappa shape index (κ1) is 18.9. The summed E-state index contributed by atoms with van der Waals surface area (Å²) in [5.74, 6) is -0.541. The van der Waals surface area contributed by atoms with Gasteiger partial charge in [0.2, 0.25) is 0 Å². The summed E-state index contributed by atoms with van der Waals surface area (Å²) in [5, 5.41) is 0. The Morgan fingerprint density at radius 1 is 1.23 bits per heavy atom. The van der Waals surface area contributed by atoms with E-state index in [1.807, 2.05) is 27.7 Å². The van der Waals surface area contributed by atoms with Crippen molar-refractivity contribution in [3.05, 3.63) is 24.3 Å². The zero-order valence-corrected chi connectivity index (χ0v) is 16.2. The third-order valence-electron chi connectivity index (χ3n) is 4.73. The summed E-state index contributed by atoms with van der Waals surface area (Å²) in [7, 11) is -0.718. The number of nitrogens with zero attached hydrogens (tertiary/aromatic N) is 2. The molecule has 0 atom stereocenters. The average molecular weight is 362 g/mol. The summed E-state index contributed by atoms with van der Waals surface area (Å²) in [6.07, 6.45) is 2.04. The lowest BCUT2D eigenvalue weighted by molar-refractivity contribution is 0.00578. The standard InChI is InChI=1S/C18H24BFN2O4/c1-16(2,3)24-15(23)22-10-12(14-13(22)8-11(20)9-21-14)19-25-17(4,5)18(6,7)26-19/h8-10H,1-7H3. The van der Waals surface area contributed by atoms with E-state index in [-0.39, 0.29) is 0 Å². The molecule has 0 radical (unpaired) electrons. The van der Waals surface area contributed by atoms with E-state index in [0.29, 0.717) is 16.5 Å². The highest BCUT2D eigenvalue weighted by Gasteiger charge is 2.52. The SMILES string of the molecule is CC(C)(C)OC(=O)n1cc(B2OC(C)(C)C(C)(C)O2)c2ncc(F)cc21. The Hall–Kier alpha value is -1.93. The largest absolute Gasteiger partial charge is 0.498 e. The summed E-state index contributed by atoms with van der Waals surface area (Å²) >= 11 is 0. The normalized spacial score (nSPS) is 19.2. The fourth-order valence-corrected chi connectivity index (χ4v) is 2.71. The predicted molar refractivity (Wildman–Crippen MR) is 97.0 cm³/mol. The third-order valence-corrected chi connectivity index (χ3v) is 4.73. The van der Waals surface area contributed by atoms with E-state index in [1.54, 1.807) is 27.0 Å². The molecular formula is C18H24BFN2O4. The number of carbonyl (C=O) groups excluding carboxylic acids is 1. The number of hydrogen-bond acceptors (Lipinski definition) is 5. The van der Waals surface area contributed by atoms with Crippen LogP contribution in [0.15, 0.2) is 18.5 Å². The van der Waals surface area contributed by atoms with Crippen molar-refractivity contribution in [2.24, 2.45) is 0 Å². The van der Waals surface area contributed by atoms with Crippen molar-refractivity contribution in [1.29, 1.82) is 0 Å². The number of carbonyl (C=O) groups is 1. The summed E-state index contributed by atoms with van der Waals surface area (Å²) in [6, 6.07) is 1.25. The minimum Gasteiger partial charge on any atom is -0.443 e. The van der Waals surface area contributed by atoms with Crippen LogP contribution in [-0.4, -0.2) is 39.6 Å². The van der Waals surface area contributed by atoms with Gasteiger partial charge in [-0.05, 0) is 48.5 Å². The second kappa shape index (κ2) is 5.79. The molecule has 1 fully saturated rings. The van der Waals surface area contributed by atoms with Crippen LogP contribution < -0.4 is 5.46 Å². The van der Waals surface area contributed by atoms with Gasteiger partial charge in [-0.3, -0.25) is 9.55 Å². The Bertz CT molecular complexity index is 854. The molecular weight excluding hydrogens is 338 g/mol. The Labute approximate surface area is 152 Å². The van der Waals surface area contributed by atoms with E-state index < -0.39 is 35.8 Å². The van der Waals surface area contributed by atoms with Gasteiger partial charge in [0.15, 0.2) is 0 Å². The highest BCUT2D eigenvalue weighted by Crippen LogP contribution is 2.37. The van der Waals surface area contributed by atoms with Gasteiger partial charge in [-0.15, -0.1) is 0 Å². The van der Waals surface area contributed by atoms with Crippen LogP contribution in [0.2, 0.25) is 0 Å². The highest BCUT2D eigenvalue weighted by molar-refractivity contribution is 6.65. The molecule has 8 heteroatoms. The van der Waals surface area contributed by atoms with Crippen molar-refractivity contribution < 1.29 is 23.2 Å². The molecule has 6 nitrogen and oxygen atoms in total. The van der Waals surface area contributed by atoms with E-state index in [9.17, 15) is 9.18 Å². The number of aromatic nitrogens is 2. The molecule has 1 saturated heterocycles. The van der Waals surface area contributed by atoms with E-state index in [4.69, 9.17) is 14.0 Å². The zero-order valence-electron chi connectivity index (χ0n) is 16.2. The molecule has 26 heavy (non-hydrogen) atoms. The number of hydrogen-bond donors (Lipinski definition) is 0. The second-order valence-corrected chi connectivity index (χ2v) is 8.54. The van der Waals surface area contributed by atoms with E-state index in [1.165, 1.54) is 10.6 Å². The van der Waals surface area contributed by atoms with E-state index in [0.717, 1.165) is 6.20 Å². The molecule has 140 valence electrons. The van der Waals surface area contributed by atoms with Crippen LogP contribution in [0, 0.1) is 5.82 Å². The number of fused-ring (bicyclic) bond motifs is 1. The molecule has 0 saturated carbocycles. The van der Waals surface area contributed by atoms with Crippen LogP contribution in [0.25, 0.3) is 11.0 Å². The molecule has 3 heterocycles. The van der Waals surface area contributed by atoms with Crippen molar-refractivity contribution in [3.63, 3.8) is 0 Å². The molecule has 0 bridgehead atoms. The van der Waals surface area contributed by atoms with Crippen LogP contribution >= 0.6 is 0 Å². The Morgan fingerprint density at radius 3 is 2.35 bits per heavy atom. The number of halogens is 1. The quantitative estimate of drug-likeness (QED) is 0.729. The minimum absolute atomic E-state index is 0.309. The van der Waals surface area contributed by atoms with Crippen LogP contribution in [0.4, 0.5) is 9.18 Å². The fourth-order valence-electron chi connectivity index (χ4n) is 2.71. The molecule has 0 amide bonds. The lowest BCUT2D eigenvalue weighted by atomic mass is 9.80. The van der Waals surface area contributed by atoms with Gasteiger partial charge in [-0.2, -0.15) is 0 Å². The molecule has 2 aromatic rings. The van der Waals surface area contributed by atoms with Gasteiger partial charge < -0.3 is 14.0 Å². The van der Waals surface area contributed by atoms with Gasteiger partial charge in [0.05, 0.1) is 28.4 Å². The maximum atomic E-state index is 13.8. The van der Waals surface area contributed by atoms with E-state index in [2.05, 4.69) is 4.98 Å². The first-order valence-corrected chi connectivity index (χ1v) is 8.56. The molecule has 0 N–H and O–H groups in total. The molecule has 0 aliphatic carbocycles. The summed E-state index contributed by atoms with van der Waals surface area (Å²) in [5.41, 5.74) is -0.459. The Morgan fingerprint density at radius 2 is 1.81 bits per heavy atom. The van der Waals surface area contributed by atoms with Crippen LogP contribution in [0.3, 0.4) is 0 Å². The third kappa shape index (κ3) is 3.23. The zero-order chi connectivity index (χ0) is 19.5. The molecule has 0 unspecified atom stereocenters. The van der Waals surface area contributed by atoms with Crippen molar-refractivity contribution in [2.45, 2.75) is 65.3 Å². The Balaban J connectivity index is 2.09. The average Bonchev–Trinajstić information content (AvgIpc) is 2.91. The van der Waals surface area contributed by atoms with Gasteiger partial charge in [0.25, 0.3) is 0 Å². The molecule has 3 rings (SSSR count). The first-order valence-electron chi connectivity index (χ1n) is 8.56. The van der Waals surface area contributed by atoms with Gasteiger partial charge in [-0.1, -0.05) is 0 Å². The van der Waals surface area contributed by atoms with Crippen molar-refractivity contribution in [1.82, 2.24) is 9.55 Å². The van der Waals surface area contributed by atoms with Crippen molar-refractivity contribution >= 4 is 29.7 Å². The van der Waals surface area contributed by atoms with Crippen LogP contribution in [0.5, 0.6) is 0 Å². The lowest BCUT2D eigenvalue weighted by Crippen LogP contribution is -2.41. The number of ether oxygens (including phenoxy) is 1. The smallest absolute Gasteiger partial charge is 0.443 e. The maximum absolute atomic E-state index is 13.8. The van der Waals surface area contributed by atoms with Gasteiger partial charge in [-0.25, -0.2) is 9.18 Å². The summed E-state index contributed by atoms with van der Waals surface area (Å²) in [6.45, 7) is 13.1. The monoisotopic (exact) mass is 362 g/mol. The topological polar surface area (TPSA) is 62.6 Å². The van der Waals surface area contributed by atoms with Crippen molar-refractivity contribution in [3.8, 4) is 0 Å². The lowest BCUT2D eigenvalue weighted by Gasteiger charge is -2.32. The van der Waals surface area contributed by atoms with Crippen LogP contribution in [0.1, 0.15) is 48.5 Å².